The van der Waals surface area contributed by atoms with Gasteiger partial charge in [-0.15, -0.1) is 11.3 Å². The molecule has 0 bridgehead atoms. The first kappa shape index (κ1) is 16.6. The summed E-state index contributed by atoms with van der Waals surface area (Å²) in [7, 11) is -3.81. The molecule has 4 nitrogen and oxygen atoms in total. The Morgan fingerprint density at radius 3 is 2.67 bits per heavy atom. The highest BCUT2D eigenvalue weighted by molar-refractivity contribution is 9.11. The van der Waals surface area contributed by atoms with E-state index < -0.39 is 21.9 Å². The highest BCUT2D eigenvalue weighted by atomic mass is 79.9. The molecule has 0 aliphatic heterocycles. The Kier molecular flexibility index (Phi) is 5.15. The van der Waals surface area contributed by atoms with E-state index in [1.54, 1.807) is 19.1 Å². The maximum absolute atomic E-state index is 13.7. The Bertz CT molecular complexity index is 746. The Morgan fingerprint density at radius 2 is 2.10 bits per heavy atom. The van der Waals surface area contributed by atoms with E-state index >= 15 is 0 Å². The second-order valence-corrected chi connectivity index (χ2v) is 8.51. The Morgan fingerprint density at radius 1 is 1.43 bits per heavy atom. The van der Waals surface area contributed by atoms with Gasteiger partial charge in [-0.3, -0.25) is 0 Å². The molecule has 0 spiro atoms. The van der Waals surface area contributed by atoms with E-state index in [1.807, 2.05) is 0 Å². The maximum atomic E-state index is 13.7. The standard InChI is InChI=1S/C13H13BrFNO3S2/c1-8(10-4-2-3-5-11(10)15)16-21(18,19)12-6-9(7-17)20-13(12)14/h2-6,8,16-17H,7H2,1H3. The lowest BCUT2D eigenvalue weighted by molar-refractivity contribution is 0.285. The van der Waals surface area contributed by atoms with Gasteiger partial charge in [0.1, 0.15) is 10.7 Å². The predicted molar refractivity (Wildman–Crippen MR) is 83.1 cm³/mol. The third-order valence-electron chi connectivity index (χ3n) is 2.86. The minimum atomic E-state index is -3.81. The predicted octanol–water partition coefficient (Wildman–Crippen LogP) is 3.18. The largest absolute Gasteiger partial charge is 0.391 e. The van der Waals surface area contributed by atoms with Crippen molar-refractivity contribution in [2.45, 2.75) is 24.5 Å². The van der Waals surface area contributed by atoms with Crippen LogP contribution in [0.1, 0.15) is 23.4 Å². The minimum absolute atomic E-state index is 0.0414. The minimum Gasteiger partial charge on any atom is -0.391 e. The summed E-state index contributed by atoms with van der Waals surface area (Å²) in [6.45, 7) is 1.34. The number of hydrogen-bond donors (Lipinski definition) is 2. The normalized spacial score (nSPS) is 13.3. The monoisotopic (exact) mass is 393 g/mol. The molecular weight excluding hydrogens is 381 g/mol. The highest BCUT2D eigenvalue weighted by Crippen LogP contribution is 2.32. The van der Waals surface area contributed by atoms with Crippen LogP contribution in [0.3, 0.4) is 0 Å². The first-order valence-electron chi connectivity index (χ1n) is 6.01. The molecule has 0 radical (unpaired) electrons. The van der Waals surface area contributed by atoms with Crippen LogP contribution < -0.4 is 4.72 Å². The molecule has 1 aromatic carbocycles. The van der Waals surface area contributed by atoms with E-state index in [2.05, 4.69) is 20.7 Å². The summed E-state index contributed by atoms with van der Waals surface area (Å²) in [4.78, 5) is 0.570. The number of hydrogen-bond acceptors (Lipinski definition) is 4. The molecular formula is C13H13BrFNO3S2. The number of halogens is 2. The van der Waals surface area contributed by atoms with E-state index in [9.17, 15) is 12.8 Å². The zero-order valence-electron chi connectivity index (χ0n) is 11.0. The second kappa shape index (κ2) is 6.53. The van der Waals surface area contributed by atoms with Crippen LogP contribution in [0.15, 0.2) is 39.0 Å². The van der Waals surface area contributed by atoms with Crippen LogP contribution in [0.25, 0.3) is 0 Å². The number of aliphatic hydroxyl groups is 1. The van der Waals surface area contributed by atoms with E-state index in [1.165, 1.54) is 18.2 Å². The van der Waals surface area contributed by atoms with Crippen LogP contribution >= 0.6 is 27.3 Å². The van der Waals surface area contributed by atoms with Crippen molar-refractivity contribution in [2.24, 2.45) is 0 Å². The molecule has 0 saturated heterocycles. The van der Waals surface area contributed by atoms with Gasteiger partial charge in [-0.1, -0.05) is 18.2 Å². The molecule has 0 aliphatic rings. The van der Waals surface area contributed by atoms with E-state index in [4.69, 9.17) is 5.11 Å². The van der Waals surface area contributed by atoms with Gasteiger partial charge in [-0.25, -0.2) is 17.5 Å². The van der Waals surface area contributed by atoms with Crippen molar-refractivity contribution in [1.29, 1.82) is 0 Å². The van der Waals surface area contributed by atoms with Gasteiger partial charge in [0.05, 0.1) is 10.4 Å². The van der Waals surface area contributed by atoms with Crippen molar-refractivity contribution >= 4 is 37.3 Å². The molecule has 114 valence electrons. The molecule has 0 amide bonds. The molecule has 1 unspecified atom stereocenters. The number of thiophene rings is 1. The maximum Gasteiger partial charge on any atom is 0.243 e. The van der Waals surface area contributed by atoms with Gasteiger partial charge in [-0.2, -0.15) is 0 Å². The second-order valence-electron chi connectivity index (χ2n) is 4.37. The Labute approximate surface area is 134 Å². The summed E-state index contributed by atoms with van der Waals surface area (Å²) >= 11 is 4.31. The fourth-order valence-corrected chi connectivity index (χ4v) is 5.61. The lowest BCUT2D eigenvalue weighted by Crippen LogP contribution is -2.27. The first-order chi connectivity index (χ1) is 9.85. The van der Waals surface area contributed by atoms with Crippen molar-refractivity contribution in [1.82, 2.24) is 4.72 Å². The van der Waals surface area contributed by atoms with E-state index in [0.29, 0.717) is 8.66 Å². The molecule has 0 aliphatic carbocycles. The van der Waals surface area contributed by atoms with Crippen molar-refractivity contribution in [3.8, 4) is 0 Å². The summed E-state index contributed by atoms with van der Waals surface area (Å²) in [6.07, 6.45) is 0. The number of benzene rings is 1. The van der Waals surface area contributed by atoms with Crippen molar-refractivity contribution in [3.05, 3.63) is 50.4 Å². The van der Waals surface area contributed by atoms with Gasteiger partial charge in [0.15, 0.2) is 0 Å². The van der Waals surface area contributed by atoms with Crippen molar-refractivity contribution < 1.29 is 17.9 Å². The Hall–Kier alpha value is -0.800. The summed E-state index contributed by atoms with van der Waals surface area (Å²) in [6, 6.07) is 6.69. The third-order valence-corrected chi connectivity index (χ3v) is 6.63. The Balaban J connectivity index is 2.29. The molecule has 2 rings (SSSR count). The summed E-state index contributed by atoms with van der Waals surface area (Å²) in [5.41, 5.74) is 0.273. The van der Waals surface area contributed by atoms with Crippen LogP contribution in [0.5, 0.6) is 0 Å². The van der Waals surface area contributed by atoms with Crippen LogP contribution in [0.4, 0.5) is 4.39 Å². The van der Waals surface area contributed by atoms with Crippen molar-refractivity contribution in [2.75, 3.05) is 0 Å². The van der Waals surface area contributed by atoms with Crippen molar-refractivity contribution in [3.63, 3.8) is 0 Å². The fraction of sp³-hybridized carbons (Fsp3) is 0.231. The summed E-state index contributed by atoms with van der Waals surface area (Å²) in [5, 5.41) is 9.06. The van der Waals surface area contributed by atoms with Gasteiger partial charge in [0, 0.05) is 16.5 Å². The summed E-state index contributed by atoms with van der Waals surface area (Å²) < 4.78 is 41.2. The molecule has 0 fully saturated rings. The fourth-order valence-electron chi connectivity index (χ4n) is 1.84. The topological polar surface area (TPSA) is 66.4 Å². The number of aliphatic hydroxyl groups excluding tert-OH is 1. The molecule has 8 heteroatoms. The van der Waals surface area contributed by atoms with Crippen LogP contribution in [-0.4, -0.2) is 13.5 Å². The quantitative estimate of drug-likeness (QED) is 0.819. The van der Waals surface area contributed by atoms with Crippen LogP contribution in [0.2, 0.25) is 0 Å². The number of sulfonamides is 1. The van der Waals surface area contributed by atoms with E-state index in [0.717, 1.165) is 11.3 Å². The van der Waals surface area contributed by atoms with Gasteiger partial charge >= 0.3 is 0 Å². The SMILES string of the molecule is CC(NS(=O)(=O)c1cc(CO)sc1Br)c1ccccc1F. The molecule has 0 saturated carbocycles. The number of nitrogens with one attached hydrogen (secondary N) is 1. The van der Waals surface area contributed by atoms with Gasteiger partial charge in [0.25, 0.3) is 0 Å². The molecule has 1 heterocycles. The van der Waals surface area contributed by atoms with E-state index in [-0.39, 0.29) is 17.1 Å². The summed E-state index contributed by atoms with van der Waals surface area (Å²) in [5.74, 6) is -0.465. The molecule has 2 N–H and O–H groups in total. The van der Waals surface area contributed by atoms with Crippen LogP contribution in [0, 0.1) is 5.82 Å². The lowest BCUT2D eigenvalue weighted by Gasteiger charge is -2.15. The van der Waals surface area contributed by atoms with Gasteiger partial charge < -0.3 is 5.11 Å². The zero-order chi connectivity index (χ0) is 15.6. The molecule has 21 heavy (non-hydrogen) atoms. The lowest BCUT2D eigenvalue weighted by atomic mass is 10.1. The molecule has 2 aromatic rings. The highest BCUT2D eigenvalue weighted by Gasteiger charge is 2.24. The van der Waals surface area contributed by atoms with Crippen LogP contribution in [-0.2, 0) is 16.6 Å². The van der Waals surface area contributed by atoms with Gasteiger partial charge in [0.2, 0.25) is 10.0 Å². The smallest absolute Gasteiger partial charge is 0.243 e. The molecule has 1 atom stereocenters. The average Bonchev–Trinajstić information content (AvgIpc) is 2.81. The van der Waals surface area contributed by atoms with Gasteiger partial charge in [-0.05, 0) is 35.0 Å². The first-order valence-corrected chi connectivity index (χ1v) is 9.10. The zero-order valence-corrected chi connectivity index (χ0v) is 14.2. The third kappa shape index (κ3) is 3.70. The average molecular weight is 394 g/mol. The molecule has 1 aromatic heterocycles. The number of rotatable bonds is 5.